The van der Waals surface area contributed by atoms with E-state index in [1.807, 2.05) is 0 Å². The van der Waals surface area contributed by atoms with Crippen molar-refractivity contribution in [3.05, 3.63) is 0 Å². The lowest BCUT2D eigenvalue weighted by Gasteiger charge is -2.34. The smallest absolute Gasteiger partial charge is 0.374 e. The molecule has 6 nitrogen and oxygen atoms in total. The summed E-state index contributed by atoms with van der Waals surface area (Å²) in [6.07, 6.45) is -3.70. The molecule has 0 aromatic rings. The molecule has 1 rings (SSSR count). The molecule has 2 N–H and O–H groups in total. The molecule has 0 radical (unpaired) electrons. The highest BCUT2D eigenvalue weighted by Gasteiger charge is 2.27. The summed E-state index contributed by atoms with van der Waals surface area (Å²) in [4.78, 5) is 6.50. The molecular formula is C16H31F3N4O2. The van der Waals surface area contributed by atoms with Gasteiger partial charge < -0.3 is 20.1 Å². The SMILES string of the molecule is CN=C(NCCCOCC(F)(F)F)NCC1CN(CC(C)C)CCO1. The molecule has 0 amide bonds. The van der Waals surface area contributed by atoms with Gasteiger partial charge >= 0.3 is 6.18 Å². The second-order valence-corrected chi connectivity index (χ2v) is 6.55. The average Bonchev–Trinajstić information content (AvgIpc) is 2.52. The molecule has 0 aliphatic carbocycles. The topological polar surface area (TPSA) is 58.1 Å². The minimum Gasteiger partial charge on any atom is -0.374 e. The maximum Gasteiger partial charge on any atom is 0.411 e. The van der Waals surface area contributed by atoms with Gasteiger partial charge in [0.25, 0.3) is 0 Å². The Morgan fingerprint density at radius 1 is 1.36 bits per heavy atom. The molecule has 1 saturated heterocycles. The van der Waals surface area contributed by atoms with Crippen LogP contribution in [0, 0.1) is 5.92 Å². The summed E-state index contributed by atoms with van der Waals surface area (Å²) in [6, 6.07) is 0. The predicted octanol–water partition coefficient (Wildman–Crippen LogP) is 1.48. The first-order valence-electron chi connectivity index (χ1n) is 8.73. The van der Waals surface area contributed by atoms with Crippen LogP contribution in [0.25, 0.3) is 0 Å². The van der Waals surface area contributed by atoms with Crippen molar-refractivity contribution in [2.24, 2.45) is 10.9 Å². The van der Waals surface area contributed by atoms with E-state index in [0.29, 0.717) is 31.4 Å². The van der Waals surface area contributed by atoms with Gasteiger partial charge in [-0.15, -0.1) is 0 Å². The molecule has 0 aromatic heterocycles. The monoisotopic (exact) mass is 368 g/mol. The van der Waals surface area contributed by atoms with Crippen molar-refractivity contribution in [3.8, 4) is 0 Å². The number of halogens is 3. The molecule has 25 heavy (non-hydrogen) atoms. The van der Waals surface area contributed by atoms with Crippen LogP contribution in [0.1, 0.15) is 20.3 Å². The van der Waals surface area contributed by atoms with Crippen molar-refractivity contribution in [3.63, 3.8) is 0 Å². The molecule has 1 aliphatic heterocycles. The Balaban J connectivity index is 2.15. The standard InChI is InChI=1S/C16H31F3N4O2/c1-13(2)10-23-6-8-25-14(11-23)9-22-15(20-3)21-5-4-7-24-12-16(17,18)19/h13-14H,4-12H2,1-3H3,(H2,20,21,22). The van der Waals surface area contributed by atoms with E-state index in [-0.39, 0.29) is 12.7 Å². The quantitative estimate of drug-likeness (QED) is 0.367. The van der Waals surface area contributed by atoms with Crippen LogP contribution < -0.4 is 10.6 Å². The molecule has 1 fully saturated rings. The van der Waals surface area contributed by atoms with Crippen molar-refractivity contribution in [1.82, 2.24) is 15.5 Å². The lowest BCUT2D eigenvalue weighted by atomic mass is 10.2. The van der Waals surface area contributed by atoms with Gasteiger partial charge in [0.1, 0.15) is 6.61 Å². The number of hydrogen-bond acceptors (Lipinski definition) is 4. The van der Waals surface area contributed by atoms with Gasteiger partial charge in [-0.2, -0.15) is 13.2 Å². The van der Waals surface area contributed by atoms with Crippen LogP contribution in [0.3, 0.4) is 0 Å². The molecule has 9 heteroatoms. The maximum absolute atomic E-state index is 11.9. The summed E-state index contributed by atoms with van der Waals surface area (Å²) in [5.74, 6) is 1.24. The summed E-state index contributed by atoms with van der Waals surface area (Å²) < 4.78 is 46.1. The summed E-state index contributed by atoms with van der Waals surface area (Å²) in [5, 5.41) is 6.25. The summed E-state index contributed by atoms with van der Waals surface area (Å²) >= 11 is 0. The van der Waals surface area contributed by atoms with Crippen molar-refractivity contribution in [2.45, 2.75) is 32.5 Å². The van der Waals surface area contributed by atoms with Crippen LogP contribution in [0.2, 0.25) is 0 Å². The fraction of sp³-hybridized carbons (Fsp3) is 0.938. The lowest BCUT2D eigenvalue weighted by Crippen LogP contribution is -2.50. The maximum atomic E-state index is 11.9. The Kier molecular flexibility index (Phi) is 10.1. The number of nitrogens with zero attached hydrogens (tertiary/aromatic N) is 2. The van der Waals surface area contributed by atoms with Crippen molar-refractivity contribution < 1.29 is 22.6 Å². The second kappa shape index (κ2) is 11.5. The zero-order chi connectivity index (χ0) is 18.7. The van der Waals surface area contributed by atoms with Crippen molar-refractivity contribution in [1.29, 1.82) is 0 Å². The Hall–Kier alpha value is -1.06. The number of morpholine rings is 1. The first-order chi connectivity index (χ1) is 11.8. The molecule has 1 aliphatic rings. The highest BCUT2D eigenvalue weighted by atomic mass is 19.4. The fourth-order valence-corrected chi connectivity index (χ4v) is 2.59. The zero-order valence-electron chi connectivity index (χ0n) is 15.4. The number of ether oxygens (including phenoxy) is 2. The highest BCUT2D eigenvalue weighted by molar-refractivity contribution is 5.79. The van der Waals surface area contributed by atoms with E-state index in [1.54, 1.807) is 7.05 Å². The third-order valence-corrected chi connectivity index (χ3v) is 3.59. The first-order valence-corrected chi connectivity index (χ1v) is 8.73. The van der Waals surface area contributed by atoms with E-state index in [9.17, 15) is 13.2 Å². The minimum atomic E-state index is -4.27. The normalized spacial score (nSPS) is 20.1. The van der Waals surface area contributed by atoms with E-state index in [0.717, 1.165) is 26.2 Å². The molecule has 1 unspecified atom stereocenters. The Morgan fingerprint density at radius 2 is 2.12 bits per heavy atom. The number of guanidine groups is 1. The first kappa shape index (κ1) is 22.0. The summed E-state index contributed by atoms with van der Waals surface area (Å²) in [6.45, 7) is 8.01. The number of rotatable bonds is 9. The van der Waals surface area contributed by atoms with E-state index < -0.39 is 12.8 Å². The van der Waals surface area contributed by atoms with E-state index in [4.69, 9.17) is 4.74 Å². The van der Waals surface area contributed by atoms with Gasteiger partial charge in [0, 0.05) is 46.4 Å². The van der Waals surface area contributed by atoms with Gasteiger partial charge in [-0.3, -0.25) is 9.89 Å². The lowest BCUT2D eigenvalue weighted by molar-refractivity contribution is -0.173. The van der Waals surface area contributed by atoms with Crippen LogP contribution >= 0.6 is 0 Å². The fourth-order valence-electron chi connectivity index (χ4n) is 2.59. The predicted molar refractivity (Wildman–Crippen MR) is 91.9 cm³/mol. The zero-order valence-corrected chi connectivity index (χ0v) is 15.4. The third-order valence-electron chi connectivity index (χ3n) is 3.59. The van der Waals surface area contributed by atoms with E-state index in [1.165, 1.54) is 0 Å². The number of nitrogens with one attached hydrogen (secondary N) is 2. The van der Waals surface area contributed by atoms with Crippen LogP contribution in [-0.4, -0.2) is 82.7 Å². The van der Waals surface area contributed by atoms with Crippen LogP contribution in [0.4, 0.5) is 13.2 Å². The molecule has 1 heterocycles. The van der Waals surface area contributed by atoms with Gasteiger partial charge in [-0.25, -0.2) is 0 Å². The Bertz CT molecular complexity index is 392. The number of aliphatic imine (C=N–C) groups is 1. The number of alkyl halides is 3. The largest absolute Gasteiger partial charge is 0.411 e. The van der Waals surface area contributed by atoms with E-state index >= 15 is 0 Å². The van der Waals surface area contributed by atoms with Gasteiger partial charge in [-0.1, -0.05) is 13.8 Å². The molecule has 0 saturated carbocycles. The van der Waals surface area contributed by atoms with Crippen molar-refractivity contribution >= 4 is 5.96 Å². The van der Waals surface area contributed by atoms with Gasteiger partial charge in [0.15, 0.2) is 5.96 Å². The van der Waals surface area contributed by atoms with Gasteiger partial charge in [-0.05, 0) is 12.3 Å². The number of hydrogen-bond donors (Lipinski definition) is 2. The van der Waals surface area contributed by atoms with Crippen LogP contribution in [-0.2, 0) is 9.47 Å². The summed E-state index contributed by atoms with van der Waals surface area (Å²) in [7, 11) is 1.66. The third kappa shape index (κ3) is 11.2. The minimum absolute atomic E-state index is 0.0550. The van der Waals surface area contributed by atoms with E-state index in [2.05, 4.69) is 39.1 Å². The van der Waals surface area contributed by atoms with Gasteiger partial charge in [0.2, 0.25) is 0 Å². The highest BCUT2D eigenvalue weighted by Crippen LogP contribution is 2.14. The molecule has 0 aromatic carbocycles. The molecule has 0 bridgehead atoms. The molecular weight excluding hydrogens is 337 g/mol. The average molecular weight is 368 g/mol. The van der Waals surface area contributed by atoms with Gasteiger partial charge in [0.05, 0.1) is 12.7 Å². The Morgan fingerprint density at radius 3 is 2.76 bits per heavy atom. The molecule has 1 atom stereocenters. The second-order valence-electron chi connectivity index (χ2n) is 6.55. The van der Waals surface area contributed by atoms with Crippen LogP contribution in [0.5, 0.6) is 0 Å². The van der Waals surface area contributed by atoms with Crippen LogP contribution in [0.15, 0.2) is 4.99 Å². The van der Waals surface area contributed by atoms with Crippen molar-refractivity contribution in [2.75, 3.05) is 59.6 Å². The molecule has 0 spiro atoms. The Labute approximate surface area is 148 Å². The molecule has 148 valence electrons. The summed E-state index contributed by atoms with van der Waals surface area (Å²) in [5.41, 5.74) is 0.